The first kappa shape index (κ1) is 11.4. The van der Waals surface area contributed by atoms with Gasteiger partial charge in [0.05, 0.1) is 5.69 Å². The average Bonchev–Trinajstić information content (AvgIpc) is 2.69. The second-order valence-corrected chi connectivity index (χ2v) is 4.19. The van der Waals surface area contributed by atoms with Crippen LogP contribution in [0.3, 0.4) is 0 Å². The molecule has 0 saturated carbocycles. The van der Waals surface area contributed by atoms with Gasteiger partial charge in [-0.15, -0.1) is 5.10 Å². The predicted molar refractivity (Wildman–Crippen MR) is 66.9 cm³/mol. The minimum absolute atomic E-state index is 0.363. The van der Waals surface area contributed by atoms with E-state index in [1.807, 2.05) is 12.1 Å². The summed E-state index contributed by atoms with van der Waals surface area (Å²) in [5.41, 5.74) is 6.66. The molecule has 0 spiro atoms. The number of nitrogen functional groups attached to an aromatic ring is 1. The number of rotatable bonds is 4. The Morgan fingerprint density at radius 1 is 1.35 bits per heavy atom. The van der Waals surface area contributed by atoms with E-state index in [1.165, 1.54) is 0 Å². The third-order valence-corrected chi connectivity index (χ3v) is 2.21. The Kier molecular flexibility index (Phi) is 3.22. The zero-order valence-corrected chi connectivity index (χ0v) is 9.96. The van der Waals surface area contributed by atoms with E-state index in [4.69, 9.17) is 5.73 Å². The van der Waals surface area contributed by atoms with Crippen molar-refractivity contribution in [2.24, 2.45) is 5.92 Å². The average molecular weight is 232 g/mol. The Morgan fingerprint density at radius 3 is 2.71 bits per heavy atom. The monoisotopic (exact) mass is 232 g/mol. The lowest BCUT2D eigenvalue weighted by molar-refractivity contribution is 0.684. The quantitative estimate of drug-likeness (QED) is 0.830. The molecule has 0 bridgehead atoms. The van der Waals surface area contributed by atoms with E-state index in [9.17, 15) is 0 Å². The van der Waals surface area contributed by atoms with Crippen molar-refractivity contribution in [1.82, 2.24) is 19.7 Å². The molecule has 0 amide bonds. The molecule has 0 atom stereocenters. The SMILES string of the molecule is CC(C)CNc1nc(N)n(-c2ccncc2)n1. The van der Waals surface area contributed by atoms with Gasteiger partial charge in [0.2, 0.25) is 11.9 Å². The minimum Gasteiger partial charge on any atom is -0.368 e. The van der Waals surface area contributed by atoms with Gasteiger partial charge in [0, 0.05) is 18.9 Å². The highest BCUT2D eigenvalue weighted by Crippen LogP contribution is 2.12. The normalized spacial score (nSPS) is 10.8. The van der Waals surface area contributed by atoms with Crippen molar-refractivity contribution in [1.29, 1.82) is 0 Å². The van der Waals surface area contributed by atoms with Crippen molar-refractivity contribution in [3.8, 4) is 5.69 Å². The second-order valence-electron chi connectivity index (χ2n) is 4.19. The Labute approximate surface area is 99.9 Å². The molecular weight excluding hydrogens is 216 g/mol. The standard InChI is InChI=1S/C11H16N6/c1-8(2)7-14-11-15-10(12)17(16-11)9-3-5-13-6-4-9/h3-6,8H,7H2,1-2H3,(H3,12,14,15,16). The van der Waals surface area contributed by atoms with E-state index in [0.717, 1.165) is 12.2 Å². The molecule has 2 aromatic rings. The van der Waals surface area contributed by atoms with E-state index in [1.54, 1.807) is 17.1 Å². The van der Waals surface area contributed by atoms with Gasteiger partial charge in [-0.1, -0.05) is 13.8 Å². The van der Waals surface area contributed by atoms with Crippen molar-refractivity contribution in [3.63, 3.8) is 0 Å². The number of nitrogens with zero attached hydrogens (tertiary/aromatic N) is 4. The van der Waals surface area contributed by atoms with Crippen LogP contribution in [0.2, 0.25) is 0 Å². The van der Waals surface area contributed by atoms with Gasteiger partial charge in [0.15, 0.2) is 0 Å². The fourth-order valence-corrected chi connectivity index (χ4v) is 1.37. The van der Waals surface area contributed by atoms with Crippen LogP contribution in [-0.4, -0.2) is 26.3 Å². The molecule has 0 aliphatic rings. The van der Waals surface area contributed by atoms with Crippen molar-refractivity contribution < 1.29 is 0 Å². The largest absolute Gasteiger partial charge is 0.368 e. The third kappa shape index (κ3) is 2.72. The van der Waals surface area contributed by atoms with Crippen LogP contribution in [0.15, 0.2) is 24.5 Å². The first-order chi connectivity index (χ1) is 8.16. The molecule has 6 nitrogen and oxygen atoms in total. The molecule has 90 valence electrons. The number of anilines is 2. The molecule has 2 rings (SSSR count). The van der Waals surface area contributed by atoms with Crippen LogP contribution in [-0.2, 0) is 0 Å². The molecular formula is C11H16N6. The third-order valence-electron chi connectivity index (χ3n) is 2.21. The van der Waals surface area contributed by atoms with E-state index < -0.39 is 0 Å². The zero-order valence-electron chi connectivity index (χ0n) is 9.96. The molecule has 0 fully saturated rings. The Morgan fingerprint density at radius 2 is 2.06 bits per heavy atom. The van der Waals surface area contributed by atoms with Crippen molar-refractivity contribution in [2.75, 3.05) is 17.6 Å². The van der Waals surface area contributed by atoms with Crippen LogP contribution in [0, 0.1) is 5.92 Å². The molecule has 0 radical (unpaired) electrons. The van der Waals surface area contributed by atoms with Gasteiger partial charge in [0.1, 0.15) is 0 Å². The van der Waals surface area contributed by atoms with Gasteiger partial charge in [0.25, 0.3) is 0 Å². The summed E-state index contributed by atoms with van der Waals surface area (Å²) in [6, 6.07) is 3.66. The van der Waals surface area contributed by atoms with Gasteiger partial charge in [-0.3, -0.25) is 4.98 Å². The topological polar surface area (TPSA) is 81.6 Å². The van der Waals surface area contributed by atoms with Gasteiger partial charge in [-0.2, -0.15) is 9.67 Å². The van der Waals surface area contributed by atoms with Gasteiger partial charge in [-0.25, -0.2) is 0 Å². The van der Waals surface area contributed by atoms with Gasteiger partial charge < -0.3 is 11.1 Å². The van der Waals surface area contributed by atoms with Crippen LogP contribution >= 0.6 is 0 Å². The fourth-order valence-electron chi connectivity index (χ4n) is 1.37. The van der Waals surface area contributed by atoms with E-state index in [2.05, 4.69) is 34.2 Å². The fraction of sp³-hybridized carbons (Fsp3) is 0.364. The number of nitrogens with two attached hydrogens (primary N) is 1. The summed E-state index contributed by atoms with van der Waals surface area (Å²) >= 11 is 0. The summed E-state index contributed by atoms with van der Waals surface area (Å²) in [5, 5.41) is 7.43. The highest BCUT2D eigenvalue weighted by molar-refractivity contribution is 5.40. The van der Waals surface area contributed by atoms with Crippen LogP contribution in [0.4, 0.5) is 11.9 Å². The predicted octanol–water partition coefficient (Wildman–Crippen LogP) is 1.31. The Balaban J connectivity index is 2.20. The minimum atomic E-state index is 0.363. The van der Waals surface area contributed by atoms with E-state index in [-0.39, 0.29) is 0 Å². The molecule has 0 unspecified atom stereocenters. The van der Waals surface area contributed by atoms with Crippen molar-refractivity contribution in [2.45, 2.75) is 13.8 Å². The first-order valence-electron chi connectivity index (χ1n) is 5.53. The van der Waals surface area contributed by atoms with Crippen LogP contribution < -0.4 is 11.1 Å². The molecule has 0 aromatic carbocycles. The number of aromatic nitrogens is 4. The van der Waals surface area contributed by atoms with Gasteiger partial charge in [-0.05, 0) is 18.1 Å². The first-order valence-corrected chi connectivity index (χ1v) is 5.53. The summed E-state index contributed by atoms with van der Waals surface area (Å²) in [5.74, 6) is 1.44. The van der Waals surface area contributed by atoms with Crippen molar-refractivity contribution in [3.05, 3.63) is 24.5 Å². The summed E-state index contributed by atoms with van der Waals surface area (Å²) in [6.07, 6.45) is 3.38. The molecule has 2 heterocycles. The lowest BCUT2D eigenvalue weighted by Gasteiger charge is -2.03. The highest BCUT2D eigenvalue weighted by Gasteiger charge is 2.08. The molecule has 0 saturated heterocycles. The van der Waals surface area contributed by atoms with Crippen molar-refractivity contribution >= 4 is 11.9 Å². The summed E-state index contributed by atoms with van der Waals surface area (Å²) in [7, 11) is 0. The molecule has 17 heavy (non-hydrogen) atoms. The Hall–Kier alpha value is -2.11. The van der Waals surface area contributed by atoms with Crippen LogP contribution in [0.5, 0.6) is 0 Å². The van der Waals surface area contributed by atoms with E-state index in [0.29, 0.717) is 17.8 Å². The smallest absolute Gasteiger partial charge is 0.244 e. The molecule has 0 aliphatic heterocycles. The maximum absolute atomic E-state index is 5.81. The number of hydrogen-bond acceptors (Lipinski definition) is 5. The Bertz CT molecular complexity index is 476. The summed E-state index contributed by atoms with van der Waals surface area (Å²) < 4.78 is 1.59. The summed E-state index contributed by atoms with van der Waals surface area (Å²) in [6.45, 7) is 5.06. The maximum atomic E-state index is 5.81. The zero-order chi connectivity index (χ0) is 12.3. The lowest BCUT2D eigenvalue weighted by Crippen LogP contribution is -2.09. The lowest BCUT2D eigenvalue weighted by atomic mass is 10.2. The second kappa shape index (κ2) is 4.82. The molecule has 2 aromatic heterocycles. The van der Waals surface area contributed by atoms with Gasteiger partial charge >= 0.3 is 0 Å². The number of hydrogen-bond donors (Lipinski definition) is 2. The summed E-state index contributed by atoms with van der Waals surface area (Å²) in [4.78, 5) is 8.11. The number of nitrogens with one attached hydrogen (secondary N) is 1. The molecule has 0 aliphatic carbocycles. The maximum Gasteiger partial charge on any atom is 0.244 e. The number of pyridine rings is 1. The van der Waals surface area contributed by atoms with Crippen LogP contribution in [0.25, 0.3) is 5.69 Å². The highest BCUT2D eigenvalue weighted by atomic mass is 15.4. The molecule has 6 heteroatoms. The molecule has 3 N–H and O–H groups in total. The van der Waals surface area contributed by atoms with Crippen LogP contribution in [0.1, 0.15) is 13.8 Å². The van der Waals surface area contributed by atoms with E-state index >= 15 is 0 Å².